The van der Waals surface area contributed by atoms with Crippen molar-refractivity contribution in [3.05, 3.63) is 16.1 Å². The van der Waals surface area contributed by atoms with Crippen molar-refractivity contribution in [3.63, 3.8) is 0 Å². The molecule has 1 aromatic rings. The summed E-state index contributed by atoms with van der Waals surface area (Å²) in [5, 5.41) is 6.92. The van der Waals surface area contributed by atoms with Gasteiger partial charge in [-0.25, -0.2) is 4.98 Å². The molecule has 0 aromatic carbocycles. The van der Waals surface area contributed by atoms with Gasteiger partial charge in [0.15, 0.2) is 0 Å². The Hall–Kier alpha value is -0.450. The van der Waals surface area contributed by atoms with E-state index >= 15 is 0 Å². The van der Waals surface area contributed by atoms with Crippen LogP contribution in [0.25, 0.3) is 0 Å². The van der Waals surface area contributed by atoms with Gasteiger partial charge in [0.05, 0.1) is 5.01 Å². The highest BCUT2D eigenvalue weighted by Gasteiger charge is 2.35. The lowest BCUT2D eigenvalue weighted by Crippen LogP contribution is -2.59. The zero-order valence-corrected chi connectivity index (χ0v) is 13.5. The van der Waals surface area contributed by atoms with Crippen molar-refractivity contribution in [2.75, 3.05) is 20.1 Å². The third kappa shape index (κ3) is 3.56. The van der Waals surface area contributed by atoms with Crippen LogP contribution < -0.4 is 5.32 Å². The average Bonchev–Trinajstić information content (AvgIpc) is 2.82. The molecule has 1 aliphatic heterocycles. The Bertz CT molecular complexity index is 394. The molecule has 19 heavy (non-hydrogen) atoms. The highest BCUT2D eigenvalue weighted by atomic mass is 32.1. The Morgan fingerprint density at radius 3 is 2.58 bits per heavy atom. The minimum Gasteiger partial charge on any atom is -0.315 e. The number of aryl methyl sites for hydroxylation is 1. The number of likely N-dealkylation sites (N-methyl/N-ethyl adjacent to an activating group) is 1. The molecule has 0 spiro atoms. The van der Waals surface area contributed by atoms with Crippen LogP contribution in [-0.2, 0) is 6.42 Å². The lowest BCUT2D eigenvalue weighted by atomic mass is 9.88. The second-order valence-corrected chi connectivity index (χ2v) is 7.07. The maximum absolute atomic E-state index is 4.62. The van der Waals surface area contributed by atoms with Gasteiger partial charge in [0.2, 0.25) is 0 Å². The largest absolute Gasteiger partial charge is 0.315 e. The lowest BCUT2D eigenvalue weighted by Gasteiger charge is -2.45. The molecule has 1 unspecified atom stereocenters. The van der Waals surface area contributed by atoms with E-state index in [0.29, 0.717) is 6.04 Å². The van der Waals surface area contributed by atoms with Crippen LogP contribution in [0.4, 0.5) is 0 Å². The van der Waals surface area contributed by atoms with Crippen molar-refractivity contribution in [1.82, 2.24) is 15.2 Å². The molecule has 0 aliphatic carbocycles. The van der Waals surface area contributed by atoms with E-state index in [2.05, 4.69) is 48.4 Å². The van der Waals surface area contributed by atoms with Crippen LogP contribution in [0.1, 0.15) is 43.8 Å². The minimum atomic E-state index is 0.189. The number of hydrogen-bond donors (Lipinski definition) is 1. The van der Waals surface area contributed by atoms with E-state index in [1.165, 1.54) is 37.4 Å². The molecule has 1 atom stereocenters. The van der Waals surface area contributed by atoms with Gasteiger partial charge in [-0.05, 0) is 53.8 Å². The highest BCUT2D eigenvalue weighted by Crippen LogP contribution is 2.26. The summed E-state index contributed by atoms with van der Waals surface area (Å²) in [6.45, 7) is 9.30. The summed E-state index contributed by atoms with van der Waals surface area (Å²) in [5.74, 6) is 0. The lowest BCUT2D eigenvalue weighted by molar-refractivity contribution is 0.0635. The van der Waals surface area contributed by atoms with Gasteiger partial charge in [0.25, 0.3) is 0 Å². The number of nitrogens with zero attached hydrogens (tertiary/aromatic N) is 2. The summed E-state index contributed by atoms with van der Waals surface area (Å²) in [5.41, 5.74) is 1.33. The number of piperidine rings is 1. The van der Waals surface area contributed by atoms with E-state index in [0.717, 1.165) is 12.1 Å². The molecule has 0 radical (unpaired) electrons. The first-order valence-corrected chi connectivity index (χ1v) is 8.25. The molecule has 1 aliphatic rings. The molecule has 2 rings (SSSR count). The van der Waals surface area contributed by atoms with Crippen molar-refractivity contribution in [3.8, 4) is 0 Å². The molecule has 0 saturated carbocycles. The van der Waals surface area contributed by atoms with Gasteiger partial charge in [0, 0.05) is 29.1 Å². The van der Waals surface area contributed by atoms with Gasteiger partial charge in [-0.3, -0.25) is 4.90 Å². The molecule has 3 nitrogen and oxygen atoms in total. The fraction of sp³-hybridized carbons (Fsp3) is 0.800. The fourth-order valence-electron chi connectivity index (χ4n) is 3.07. The van der Waals surface area contributed by atoms with Crippen LogP contribution >= 0.6 is 11.3 Å². The molecule has 0 bridgehead atoms. The van der Waals surface area contributed by atoms with Gasteiger partial charge in [-0.2, -0.15) is 0 Å². The van der Waals surface area contributed by atoms with Crippen LogP contribution in [0.15, 0.2) is 5.38 Å². The number of hydrogen-bond acceptors (Lipinski definition) is 4. The van der Waals surface area contributed by atoms with Gasteiger partial charge in [-0.1, -0.05) is 6.42 Å². The van der Waals surface area contributed by atoms with E-state index in [-0.39, 0.29) is 5.54 Å². The maximum Gasteiger partial charge on any atom is 0.0944 e. The molecular formula is C15H27N3S. The van der Waals surface area contributed by atoms with Crippen molar-refractivity contribution in [2.24, 2.45) is 0 Å². The Kier molecular flexibility index (Phi) is 4.98. The zero-order valence-electron chi connectivity index (χ0n) is 12.7. The predicted molar refractivity (Wildman–Crippen MR) is 82.9 cm³/mol. The quantitative estimate of drug-likeness (QED) is 0.899. The summed E-state index contributed by atoms with van der Waals surface area (Å²) in [6, 6.07) is 0.455. The van der Waals surface area contributed by atoms with Gasteiger partial charge >= 0.3 is 0 Å². The third-order valence-electron chi connectivity index (χ3n) is 4.42. The predicted octanol–water partition coefficient (Wildman–Crippen LogP) is 2.85. The Morgan fingerprint density at radius 2 is 2.05 bits per heavy atom. The Morgan fingerprint density at radius 1 is 1.37 bits per heavy atom. The van der Waals surface area contributed by atoms with E-state index < -0.39 is 0 Å². The van der Waals surface area contributed by atoms with Crippen LogP contribution in [-0.4, -0.2) is 41.6 Å². The van der Waals surface area contributed by atoms with Crippen molar-refractivity contribution >= 4 is 11.3 Å². The SMILES string of the molecule is CNC(Cc1nc(C)cs1)C(C)(C)N1CCCCC1. The third-order valence-corrected chi connectivity index (χ3v) is 5.41. The van der Waals surface area contributed by atoms with E-state index in [9.17, 15) is 0 Å². The summed E-state index contributed by atoms with van der Waals surface area (Å²) in [4.78, 5) is 7.27. The van der Waals surface area contributed by atoms with Gasteiger partial charge in [-0.15, -0.1) is 11.3 Å². The standard InChI is InChI=1S/C15H27N3S/c1-12-11-19-14(17-12)10-13(16-4)15(2,3)18-8-6-5-7-9-18/h11,13,16H,5-10H2,1-4H3. The summed E-state index contributed by atoms with van der Waals surface area (Å²) in [7, 11) is 2.08. The molecule has 1 aromatic heterocycles. The summed E-state index contributed by atoms with van der Waals surface area (Å²) >= 11 is 1.79. The Balaban J connectivity index is 2.06. The molecule has 1 fully saturated rings. The molecule has 0 amide bonds. The molecular weight excluding hydrogens is 254 g/mol. The molecule has 108 valence electrons. The topological polar surface area (TPSA) is 28.2 Å². The number of thiazole rings is 1. The Labute approximate surface area is 121 Å². The summed E-state index contributed by atoms with van der Waals surface area (Å²) in [6.07, 6.45) is 5.10. The zero-order chi connectivity index (χ0) is 13.9. The van der Waals surface area contributed by atoms with Gasteiger partial charge < -0.3 is 5.32 Å². The van der Waals surface area contributed by atoms with E-state index in [1.807, 2.05) is 0 Å². The normalized spacial score (nSPS) is 19.6. The van der Waals surface area contributed by atoms with Crippen molar-refractivity contribution in [1.29, 1.82) is 0 Å². The van der Waals surface area contributed by atoms with Crippen LogP contribution in [0.3, 0.4) is 0 Å². The minimum absolute atomic E-state index is 0.189. The second kappa shape index (κ2) is 6.33. The first-order chi connectivity index (χ1) is 9.04. The van der Waals surface area contributed by atoms with Crippen LogP contribution in [0.2, 0.25) is 0 Å². The van der Waals surface area contributed by atoms with Crippen LogP contribution in [0, 0.1) is 6.92 Å². The van der Waals surface area contributed by atoms with Crippen molar-refractivity contribution in [2.45, 2.75) is 58.0 Å². The number of likely N-dealkylation sites (tertiary alicyclic amines) is 1. The molecule has 1 saturated heterocycles. The number of aromatic nitrogens is 1. The van der Waals surface area contributed by atoms with Gasteiger partial charge in [0.1, 0.15) is 0 Å². The molecule has 4 heteroatoms. The average molecular weight is 281 g/mol. The van der Waals surface area contributed by atoms with Crippen LogP contribution in [0.5, 0.6) is 0 Å². The second-order valence-electron chi connectivity index (χ2n) is 6.13. The fourth-order valence-corrected chi connectivity index (χ4v) is 3.89. The van der Waals surface area contributed by atoms with E-state index in [4.69, 9.17) is 0 Å². The monoisotopic (exact) mass is 281 g/mol. The first-order valence-electron chi connectivity index (χ1n) is 7.37. The first kappa shape index (κ1) is 14.9. The molecule has 2 heterocycles. The number of nitrogens with one attached hydrogen (secondary N) is 1. The maximum atomic E-state index is 4.62. The van der Waals surface area contributed by atoms with Crippen molar-refractivity contribution < 1.29 is 0 Å². The molecule has 1 N–H and O–H groups in total. The number of rotatable bonds is 5. The summed E-state index contributed by atoms with van der Waals surface area (Å²) < 4.78 is 0. The van der Waals surface area contributed by atoms with E-state index in [1.54, 1.807) is 11.3 Å². The smallest absolute Gasteiger partial charge is 0.0944 e. The highest BCUT2D eigenvalue weighted by molar-refractivity contribution is 7.09.